The maximum absolute atomic E-state index is 11.4. The van der Waals surface area contributed by atoms with E-state index in [1.165, 1.54) is 0 Å². The summed E-state index contributed by atoms with van der Waals surface area (Å²) in [6.07, 6.45) is 1.00. The molecule has 0 unspecified atom stereocenters. The molecule has 0 spiro atoms. The Morgan fingerprint density at radius 2 is 2.00 bits per heavy atom. The molecular weight excluding hydrogens is 214 g/mol. The number of ether oxygens (including phenoxy) is 1. The largest absolute Gasteiger partial charge is 0.367 e. The lowest BCUT2D eigenvalue weighted by molar-refractivity contribution is -0.126. The number of nitrogens with one attached hydrogen (secondary N) is 1. The molecule has 0 heterocycles. The Bertz CT molecular complexity index is 322. The van der Waals surface area contributed by atoms with Crippen molar-refractivity contribution < 1.29 is 9.53 Å². The molecule has 1 rings (SSSR count). The van der Waals surface area contributed by atoms with Crippen LogP contribution in [0.15, 0.2) is 30.3 Å². The molecule has 0 aromatic heterocycles. The molecule has 3 heteroatoms. The van der Waals surface area contributed by atoms with E-state index >= 15 is 0 Å². The third-order valence-electron chi connectivity index (χ3n) is 2.39. The fourth-order valence-corrected chi connectivity index (χ4v) is 1.39. The van der Waals surface area contributed by atoms with Gasteiger partial charge in [0.15, 0.2) is 0 Å². The van der Waals surface area contributed by atoms with Crippen molar-refractivity contribution in [1.29, 1.82) is 0 Å². The van der Waals surface area contributed by atoms with Crippen molar-refractivity contribution in [2.45, 2.75) is 26.9 Å². The van der Waals surface area contributed by atoms with Crippen LogP contribution in [-0.4, -0.2) is 19.1 Å². The molecule has 1 amide bonds. The first-order valence-corrected chi connectivity index (χ1v) is 6.07. The minimum Gasteiger partial charge on any atom is -0.367 e. The van der Waals surface area contributed by atoms with Gasteiger partial charge in [0.2, 0.25) is 5.91 Å². The van der Waals surface area contributed by atoms with Gasteiger partial charge in [0.05, 0.1) is 6.61 Å². The summed E-state index contributed by atoms with van der Waals surface area (Å²) in [6, 6.07) is 9.85. The normalized spacial score (nSPS) is 10.5. The van der Waals surface area contributed by atoms with Crippen LogP contribution < -0.4 is 5.32 Å². The SMILES string of the molecule is CC(C)CCNC(=O)COCc1ccccc1. The molecule has 0 radical (unpaired) electrons. The third kappa shape index (κ3) is 6.74. The van der Waals surface area contributed by atoms with E-state index in [0.29, 0.717) is 12.5 Å². The zero-order valence-electron chi connectivity index (χ0n) is 10.6. The molecule has 3 nitrogen and oxygen atoms in total. The molecule has 1 aromatic rings. The zero-order valence-corrected chi connectivity index (χ0v) is 10.6. The van der Waals surface area contributed by atoms with Crippen molar-refractivity contribution >= 4 is 5.91 Å². The molecule has 0 aliphatic heterocycles. The van der Waals surface area contributed by atoms with E-state index in [2.05, 4.69) is 19.2 Å². The second-order valence-corrected chi connectivity index (χ2v) is 4.51. The Balaban J connectivity index is 2.08. The first-order chi connectivity index (χ1) is 8.18. The van der Waals surface area contributed by atoms with Crippen molar-refractivity contribution in [3.8, 4) is 0 Å². The van der Waals surface area contributed by atoms with Crippen molar-refractivity contribution in [2.75, 3.05) is 13.2 Å². The summed E-state index contributed by atoms with van der Waals surface area (Å²) in [7, 11) is 0. The fourth-order valence-electron chi connectivity index (χ4n) is 1.39. The van der Waals surface area contributed by atoms with E-state index < -0.39 is 0 Å². The van der Waals surface area contributed by atoms with Crippen LogP contribution in [0.25, 0.3) is 0 Å². The molecule has 0 atom stereocenters. The number of carbonyl (C=O) groups excluding carboxylic acids is 1. The molecule has 0 saturated carbocycles. The summed E-state index contributed by atoms with van der Waals surface area (Å²) in [4.78, 5) is 11.4. The lowest BCUT2D eigenvalue weighted by atomic mass is 10.1. The van der Waals surface area contributed by atoms with Gasteiger partial charge in [-0.05, 0) is 17.9 Å². The van der Waals surface area contributed by atoms with E-state index in [9.17, 15) is 4.79 Å². The van der Waals surface area contributed by atoms with Crippen LogP contribution in [0, 0.1) is 5.92 Å². The lowest BCUT2D eigenvalue weighted by Crippen LogP contribution is -2.29. The van der Waals surface area contributed by atoms with Gasteiger partial charge >= 0.3 is 0 Å². The highest BCUT2D eigenvalue weighted by Gasteiger charge is 2.01. The van der Waals surface area contributed by atoms with E-state index in [1.807, 2.05) is 30.3 Å². The van der Waals surface area contributed by atoms with E-state index in [-0.39, 0.29) is 12.5 Å². The molecule has 0 bridgehead atoms. The van der Waals surface area contributed by atoms with Crippen LogP contribution >= 0.6 is 0 Å². The summed E-state index contributed by atoms with van der Waals surface area (Å²) < 4.78 is 5.33. The minimum absolute atomic E-state index is 0.0402. The predicted molar refractivity (Wildman–Crippen MR) is 68.6 cm³/mol. The second kappa shape index (κ2) is 7.85. The maximum Gasteiger partial charge on any atom is 0.246 e. The van der Waals surface area contributed by atoms with Gasteiger partial charge in [0.1, 0.15) is 6.61 Å². The van der Waals surface area contributed by atoms with Crippen LogP contribution in [-0.2, 0) is 16.1 Å². The standard InChI is InChI=1S/C14H21NO2/c1-12(2)8-9-15-14(16)11-17-10-13-6-4-3-5-7-13/h3-7,12H,8-11H2,1-2H3,(H,15,16). The molecule has 94 valence electrons. The Morgan fingerprint density at radius 3 is 2.65 bits per heavy atom. The monoisotopic (exact) mass is 235 g/mol. The number of hydrogen-bond donors (Lipinski definition) is 1. The van der Waals surface area contributed by atoms with Crippen molar-refractivity contribution in [1.82, 2.24) is 5.32 Å². The molecule has 0 saturated heterocycles. The van der Waals surface area contributed by atoms with Gasteiger partial charge in [-0.15, -0.1) is 0 Å². The average Bonchev–Trinajstić information content (AvgIpc) is 2.30. The average molecular weight is 235 g/mol. The molecular formula is C14H21NO2. The van der Waals surface area contributed by atoms with Gasteiger partial charge in [0.25, 0.3) is 0 Å². The van der Waals surface area contributed by atoms with Crippen LogP contribution in [0.1, 0.15) is 25.8 Å². The van der Waals surface area contributed by atoms with E-state index in [0.717, 1.165) is 18.5 Å². The highest BCUT2D eigenvalue weighted by molar-refractivity contribution is 5.77. The zero-order chi connectivity index (χ0) is 12.5. The maximum atomic E-state index is 11.4. The Labute approximate surface area is 103 Å². The number of rotatable bonds is 7. The highest BCUT2D eigenvalue weighted by atomic mass is 16.5. The first kappa shape index (κ1) is 13.7. The summed E-state index contributed by atoms with van der Waals surface area (Å²) in [5.41, 5.74) is 1.09. The Morgan fingerprint density at radius 1 is 1.29 bits per heavy atom. The number of benzene rings is 1. The molecule has 0 fully saturated rings. The Kier molecular flexibility index (Phi) is 6.33. The van der Waals surface area contributed by atoms with Gasteiger partial charge < -0.3 is 10.1 Å². The first-order valence-electron chi connectivity index (χ1n) is 6.07. The molecule has 1 N–H and O–H groups in total. The quantitative estimate of drug-likeness (QED) is 0.788. The van der Waals surface area contributed by atoms with Crippen LogP contribution in [0.4, 0.5) is 0 Å². The highest BCUT2D eigenvalue weighted by Crippen LogP contribution is 2.00. The summed E-state index contributed by atoms with van der Waals surface area (Å²) >= 11 is 0. The van der Waals surface area contributed by atoms with Gasteiger partial charge in [-0.25, -0.2) is 0 Å². The number of amides is 1. The topological polar surface area (TPSA) is 38.3 Å². The Hall–Kier alpha value is -1.35. The lowest BCUT2D eigenvalue weighted by Gasteiger charge is -2.07. The summed E-state index contributed by atoms with van der Waals surface area (Å²) in [5, 5.41) is 2.84. The molecule has 0 aliphatic rings. The van der Waals surface area contributed by atoms with Gasteiger partial charge in [0, 0.05) is 6.54 Å². The third-order valence-corrected chi connectivity index (χ3v) is 2.39. The van der Waals surface area contributed by atoms with E-state index in [1.54, 1.807) is 0 Å². The van der Waals surface area contributed by atoms with Crippen molar-refractivity contribution in [3.05, 3.63) is 35.9 Å². The van der Waals surface area contributed by atoms with Crippen LogP contribution in [0.5, 0.6) is 0 Å². The van der Waals surface area contributed by atoms with Gasteiger partial charge in [-0.2, -0.15) is 0 Å². The molecule has 17 heavy (non-hydrogen) atoms. The van der Waals surface area contributed by atoms with Gasteiger partial charge in [-0.3, -0.25) is 4.79 Å². The predicted octanol–water partition coefficient (Wildman–Crippen LogP) is 2.37. The van der Waals surface area contributed by atoms with Crippen LogP contribution in [0.3, 0.4) is 0 Å². The van der Waals surface area contributed by atoms with Gasteiger partial charge in [-0.1, -0.05) is 44.2 Å². The second-order valence-electron chi connectivity index (χ2n) is 4.51. The number of carbonyl (C=O) groups is 1. The van der Waals surface area contributed by atoms with E-state index in [4.69, 9.17) is 4.74 Å². The number of hydrogen-bond acceptors (Lipinski definition) is 2. The van der Waals surface area contributed by atoms with Crippen LogP contribution in [0.2, 0.25) is 0 Å². The minimum atomic E-state index is -0.0402. The smallest absolute Gasteiger partial charge is 0.246 e. The summed E-state index contributed by atoms with van der Waals surface area (Å²) in [6.45, 7) is 5.62. The van der Waals surface area contributed by atoms with Crippen molar-refractivity contribution in [3.63, 3.8) is 0 Å². The summed E-state index contributed by atoms with van der Waals surface area (Å²) in [5.74, 6) is 0.571. The van der Waals surface area contributed by atoms with Crippen molar-refractivity contribution in [2.24, 2.45) is 5.92 Å². The fraction of sp³-hybridized carbons (Fsp3) is 0.500. The molecule has 1 aromatic carbocycles. The molecule has 0 aliphatic carbocycles.